The Balaban J connectivity index is 0.759. The van der Waals surface area contributed by atoms with E-state index in [4.69, 9.17) is 4.98 Å². The molecule has 1 saturated carbocycles. The number of fused-ring (bicyclic) bond motifs is 7. The summed E-state index contributed by atoms with van der Waals surface area (Å²) in [4.78, 5) is 63.3. The van der Waals surface area contributed by atoms with E-state index in [-0.39, 0.29) is 35.6 Å². The smallest absolute Gasteiger partial charge is 0.281 e. The van der Waals surface area contributed by atoms with Crippen LogP contribution in [0.4, 0.5) is 20.2 Å². The summed E-state index contributed by atoms with van der Waals surface area (Å²) in [6, 6.07) is 15.3. The zero-order chi connectivity index (χ0) is 39.9. The number of halogens is 3. The summed E-state index contributed by atoms with van der Waals surface area (Å²) in [6.45, 7) is 5.13. The molecule has 1 aliphatic carbocycles. The number of imide groups is 1. The summed E-state index contributed by atoms with van der Waals surface area (Å²) >= 11 is 3.63. The van der Waals surface area contributed by atoms with E-state index in [0.717, 1.165) is 106 Å². The van der Waals surface area contributed by atoms with Crippen molar-refractivity contribution < 1.29 is 23.2 Å². The highest BCUT2D eigenvalue weighted by atomic mass is 79.9. The molecule has 4 aromatic rings. The fraction of sp³-hybridized carbons (Fsp3) is 0.489. The molecule has 3 amide bonds. The van der Waals surface area contributed by atoms with Crippen molar-refractivity contribution in [3.05, 3.63) is 91.9 Å². The van der Waals surface area contributed by atoms with E-state index in [0.29, 0.717) is 47.3 Å². The Hall–Kier alpha value is -4.49. The van der Waals surface area contributed by atoms with Gasteiger partial charge in [-0.25, -0.2) is 13.7 Å². The summed E-state index contributed by atoms with van der Waals surface area (Å²) in [5.41, 5.74) is 4.07. The molecule has 10 nitrogen and oxygen atoms in total. The van der Waals surface area contributed by atoms with Crippen LogP contribution in [0.3, 0.4) is 0 Å². The van der Waals surface area contributed by atoms with Crippen LogP contribution in [0.15, 0.2) is 57.8 Å². The molecular formula is C45H47BrF2N6O4. The van der Waals surface area contributed by atoms with Crippen LogP contribution >= 0.6 is 15.9 Å². The number of hydrogen-bond acceptors (Lipinski definition) is 7. The van der Waals surface area contributed by atoms with Crippen molar-refractivity contribution in [2.75, 3.05) is 55.6 Å². The first-order valence-corrected chi connectivity index (χ1v) is 21.9. The van der Waals surface area contributed by atoms with Gasteiger partial charge in [-0.1, -0.05) is 37.5 Å². The number of amides is 3. The van der Waals surface area contributed by atoms with Gasteiger partial charge in [-0.15, -0.1) is 0 Å². The Morgan fingerprint density at radius 3 is 2.29 bits per heavy atom. The molecule has 0 unspecified atom stereocenters. The minimum Gasteiger partial charge on any atom is -0.370 e. The minimum absolute atomic E-state index is 0.0753. The first-order chi connectivity index (χ1) is 28.1. The zero-order valence-corrected chi connectivity index (χ0v) is 34.1. The van der Waals surface area contributed by atoms with Gasteiger partial charge in [0.2, 0.25) is 17.7 Å². The molecule has 4 saturated heterocycles. The molecule has 0 N–H and O–H groups in total. The molecule has 6 aliphatic rings. The van der Waals surface area contributed by atoms with E-state index in [9.17, 15) is 19.2 Å². The van der Waals surface area contributed by atoms with Crippen LogP contribution in [-0.4, -0.2) is 82.9 Å². The third-order valence-corrected chi connectivity index (χ3v) is 14.7. The van der Waals surface area contributed by atoms with Gasteiger partial charge in [-0.3, -0.25) is 23.7 Å². The molecule has 5 fully saturated rings. The van der Waals surface area contributed by atoms with Gasteiger partial charge in [0.25, 0.3) is 5.56 Å². The first kappa shape index (κ1) is 37.8. The molecule has 6 heterocycles. The Labute approximate surface area is 344 Å². The van der Waals surface area contributed by atoms with Crippen LogP contribution in [0.2, 0.25) is 0 Å². The second kappa shape index (κ2) is 14.7. The number of benzene rings is 3. The van der Waals surface area contributed by atoms with E-state index in [1.807, 2.05) is 17.0 Å². The van der Waals surface area contributed by atoms with Crippen LogP contribution in [0.5, 0.6) is 0 Å². The topological polar surface area (TPSA) is 99.1 Å². The largest absolute Gasteiger partial charge is 0.370 e. The van der Waals surface area contributed by atoms with Gasteiger partial charge in [0.15, 0.2) is 11.6 Å². The summed E-state index contributed by atoms with van der Waals surface area (Å²) in [6.07, 6.45) is 9.11. The third-order valence-electron chi connectivity index (χ3n) is 14.1. The average molecular weight is 854 g/mol. The lowest BCUT2D eigenvalue weighted by molar-refractivity contribution is -0.135. The maximum Gasteiger partial charge on any atom is 0.281 e. The fourth-order valence-electron chi connectivity index (χ4n) is 11.0. The number of rotatable bonds is 6. The van der Waals surface area contributed by atoms with E-state index in [2.05, 4.69) is 49.7 Å². The van der Waals surface area contributed by atoms with Gasteiger partial charge in [0.1, 0.15) is 11.5 Å². The molecule has 13 heteroatoms. The van der Waals surface area contributed by atoms with Gasteiger partial charge in [0.05, 0.1) is 27.9 Å². The quantitative estimate of drug-likeness (QED) is 0.190. The third kappa shape index (κ3) is 6.21. The van der Waals surface area contributed by atoms with Gasteiger partial charge in [0, 0.05) is 55.7 Å². The standard InChI is InChI=1S/C45H47BrF2N6O4/c46-33-6-4-7-36-40(33)42(57)49-44-45(15-2-1-3-16-45)32-11-10-29(20-37(32)53(36)44)28-13-17-50(18-14-28)23-27-12-19-51(24-27)43(58)30-25-52(26-30)31-21-34(47)41(35(48)22-31)54-38(55)8-5-9-39(54)56/h4,6-7,10-11,20-22,27-28,30H,1-3,5,8-9,12-19,23-26H2/t27-/m1/s1. The van der Waals surface area contributed by atoms with Crippen molar-refractivity contribution >= 4 is 55.9 Å². The van der Waals surface area contributed by atoms with Gasteiger partial charge < -0.3 is 14.7 Å². The molecule has 3 aromatic carbocycles. The molecule has 1 atom stereocenters. The first-order valence-electron chi connectivity index (χ1n) is 21.1. The van der Waals surface area contributed by atoms with Crippen LogP contribution < -0.4 is 15.4 Å². The normalized spacial score (nSPS) is 22.5. The number of carbonyl (C=O) groups is 3. The second-order valence-electron chi connectivity index (χ2n) is 17.5. The van der Waals surface area contributed by atoms with E-state index < -0.39 is 29.1 Å². The highest BCUT2D eigenvalue weighted by Gasteiger charge is 2.47. The van der Waals surface area contributed by atoms with Crippen molar-refractivity contribution in [1.82, 2.24) is 19.4 Å². The summed E-state index contributed by atoms with van der Waals surface area (Å²) in [7, 11) is 0. The van der Waals surface area contributed by atoms with Gasteiger partial charge >= 0.3 is 0 Å². The minimum atomic E-state index is -0.955. The van der Waals surface area contributed by atoms with Crippen molar-refractivity contribution in [2.24, 2.45) is 11.8 Å². The van der Waals surface area contributed by atoms with Crippen molar-refractivity contribution in [3.63, 3.8) is 0 Å². The molecule has 5 aliphatic heterocycles. The molecule has 1 spiro atoms. The van der Waals surface area contributed by atoms with Crippen molar-refractivity contribution in [2.45, 2.75) is 82.0 Å². The fourth-order valence-corrected chi connectivity index (χ4v) is 11.5. The molecule has 302 valence electrons. The lowest BCUT2D eigenvalue weighted by Gasteiger charge is -2.42. The van der Waals surface area contributed by atoms with E-state index in [1.54, 1.807) is 4.90 Å². The number of carbonyl (C=O) groups excluding carboxylic acids is 3. The Morgan fingerprint density at radius 2 is 1.57 bits per heavy atom. The van der Waals surface area contributed by atoms with Crippen LogP contribution in [0.1, 0.15) is 93.5 Å². The predicted octanol–water partition coefficient (Wildman–Crippen LogP) is 7.20. The SMILES string of the molecule is O=C(C1CN(c2cc(F)c(N3C(=O)CCCC3=O)c(F)c2)C1)N1CC[C@H](CN2CCC(c3ccc4c(c3)-n3c(nc(=O)c5c(Br)cccc53)C43CCCCC3)CC2)C1. The van der Waals surface area contributed by atoms with Crippen molar-refractivity contribution in [1.29, 1.82) is 0 Å². The average Bonchev–Trinajstić information content (AvgIpc) is 3.76. The maximum atomic E-state index is 15.1. The van der Waals surface area contributed by atoms with Crippen LogP contribution in [0.25, 0.3) is 16.6 Å². The van der Waals surface area contributed by atoms with Gasteiger partial charge in [-0.2, -0.15) is 4.98 Å². The number of nitrogens with zero attached hydrogens (tertiary/aromatic N) is 6. The Morgan fingerprint density at radius 1 is 0.845 bits per heavy atom. The lowest BCUT2D eigenvalue weighted by atomic mass is 9.69. The monoisotopic (exact) mass is 852 g/mol. The summed E-state index contributed by atoms with van der Waals surface area (Å²) < 4.78 is 33.3. The number of anilines is 2. The van der Waals surface area contributed by atoms with E-state index in [1.165, 1.54) is 23.2 Å². The molecular weight excluding hydrogens is 806 g/mol. The zero-order valence-electron chi connectivity index (χ0n) is 32.5. The van der Waals surface area contributed by atoms with Crippen LogP contribution in [-0.2, 0) is 19.8 Å². The van der Waals surface area contributed by atoms with Crippen molar-refractivity contribution in [3.8, 4) is 5.69 Å². The highest BCUT2D eigenvalue weighted by Crippen LogP contribution is 2.52. The molecule has 1 aromatic heterocycles. The van der Waals surface area contributed by atoms with Crippen LogP contribution in [0, 0.1) is 23.5 Å². The summed E-state index contributed by atoms with van der Waals surface area (Å²) in [5, 5.41) is 0.633. The Kier molecular flexibility index (Phi) is 9.54. The number of aromatic nitrogens is 2. The number of likely N-dealkylation sites (tertiary alicyclic amines) is 2. The molecule has 10 rings (SSSR count). The highest BCUT2D eigenvalue weighted by molar-refractivity contribution is 9.10. The predicted molar refractivity (Wildman–Crippen MR) is 220 cm³/mol. The molecule has 0 radical (unpaired) electrons. The molecule has 0 bridgehead atoms. The maximum absolute atomic E-state index is 15.1. The molecule has 58 heavy (non-hydrogen) atoms. The lowest BCUT2D eigenvalue weighted by Crippen LogP contribution is -2.54. The van der Waals surface area contributed by atoms with E-state index >= 15 is 8.78 Å². The summed E-state index contributed by atoms with van der Waals surface area (Å²) in [5.74, 6) is -1.51. The van der Waals surface area contributed by atoms with Gasteiger partial charge in [-0.05, 0) is 121 Å². The Bertz CT molecular complexity index is 2380. The second-order valence-corrected chi connectivity index (χ2v) is 18.3. The number of piperidine rings is 2. The number of hydrogen-bond donors (Lipinski definition) is 0.